The molecule has 0 aliphatic carbocycles. The lowest BCUT2D eigenvalue weighted by molar-refractivity contribution is -0.139. The highest BCUT2D eigenvalue weighted by molar-refractivity contribution is 5.72. The first kappa shape index (κ1) is 15.3. The van der Waals surface area contributed by atoms with E-state index in [1.807, 2.05) is 0 Å². The lowest BCUT2D eigenvalue weighted by Gasteiger charge is -2.07. The number of carboxylic acids is 1. The zero-order chi connectivity index (χ0) is 12.2. The second-order valence-electron chi connectivity index (χ2n) is 3.30. The van der Waals surface area contributed by atoms with Gasteiger partial charge in [-0.25, -0.2) is 0 Å². The molecule has 0 spiro atoms. The van der Waals surface area contributed by atoms with Crippen molar-refractivity contribution in [2.75, 3.05) is 40.1 Å². The molecule has 6 heteroatoms. The number of aliphatic carboxylic acids is 1. The van der Waals surface area contributed by atoms with Crippen molar-refractivity contribution in [3.8, 4) is 0 Å². The minimum absolute atomic E-state index is 0.318. The summed E-state index contributed by atoms with van der Waals surface area (Å²) in [7, 11) is 1.65. The van der Waals surface area contributed by atoms with Gasteiger partial charge in [0.15, 0.2) is 0 Å². The first-order valence-corrected chi connectivity index (χ1v) is 5.31. The molecule has 0 aliphatic rings. The van der Waals surface area contributed by atoms with Crippen LogP contribution in [-0.4, -0.2) is 57.3 Å². The van der Waals surface area contributed by atoms with Crippen molar-refractivity contribution < 1.29 is 24.1 Å². The third kappa shape index (κ3) is 9.85. The average Bonchev–Trinajstić information content (AvgIpc) is 2.26. The smallest absolute Gasteiger partial charge is 0.320 e. The molecule has 0 aromatic heterocycles. The fraction of sp³-hybridized carbons (Fsp3) is 0.900. The molecule has 0 saturated heterocycles. The van der Waals surface area contributed by atoms with Gasteiger partial charge >= 0.3 is 5.97 Å². The zero-order valence-electron chi connectivity index (χ0n) is 9.68. The lowest BCUT2D eigenvalue weighted by Crippen LogP contribution is -2.31. The molecule has 0 radical (unpaired) electrons. The summed E-state index contributed by atoms with van der Waals surface area (Å²) in [6, 6.07) is -0.845. The molecule has 0 rings (SSSR count). The normalized spacial score (nSPS) is 12.6. The summed E-state index contributed by atoms with van der Waals surface area (Å²) in [5.74, 6) is -1.00. The molecule has 0 saturated carbocycles. The highest BCUT2D eigenvalue weighted by Crippen LogP contribution is 1.90. The third-order valence-corrected chi connectivity index (χ3v) is 1.90. The van der Waals surface area contributed by atoms with Gasteiger partial charge in [0.05, 0.1) is 13.2 Å². The van der Waals surface area contributed by atoms with Crippen LogP contribution in [0.2, 0.25) is 0 Å². The van der Waals surface area contributed by atoms with Crippen LogP contribution in [0, 0.1) is 0 Å². The number of methoxy groups -OCH3 is 1. The predicted octanol–water partition coefficient (Wildman–Crippen LogP) is -0.142. The molecular formula is C10H21NO5. The van der Waals surface area contributed by atoms with Crippen LogP contribution < -0.4 is 5.73 Å². The van der Waals surface area contributed by atoms with Crippen LogP contribution >= 0.6 is 0 Å². The molecule has 0 amide bonds. The van der Waals surface area contributed by atoms with Crippen molar-refractivity contribution in [2.45, 2.75) is 18.9 Å². The summed E-state index contributed by atoms with van der Waals surface area (Å²) in [5.41, 5.74) is 5.29. The van der Waals surface area contributed by atoms with E-state index in [2.05, 4.69) is 0 Å². The van der Waals surface area contributed by atoms with Crippen LogP contribution in [0.15, 0.2) is 0 Å². The van der Waals surface area contributed by atoms with Crippen LogP contribution in [0.5, 0.6) is 0 Å². The number of rotatable bonds is 11. The van der Waals surface area contributed by atoms with Crippen LogP contribution in [0.3, 0.4) is 0 Å². The number of nitrogens with two attached hydrogens (primary N) is 1. The van der Waals surface area contributed by atoms with Crippen molar-refractivity contribution in [1.29, 1.82) is 0 Å². The lowest BCUT2D eigenvalue weighted by atomic mass is 10.2. The Kier molecular flexibility index (Phi) is 10.3. The molecule has 0 bridgehead atoms. The van der Waals surface area contributed by atoms with E-state index < -0.39 is 12.0 Å². The molecule has 0 fully saturated rings. The van der Waals surface area contributed by atoms with Crippen molar-refractivity contribution in [2.24, 2.45) is 5.73 Å². The van der Waals surface area contributed by atoms with Crippen LogP contribution in [0.4, 0.5) is 0 Å². The quantitative estimate of drug-likeness (QED) is 0.484. The van der Waals surface area contributed by atoms with Crippen molar-refractivity contribution in [3.63, 3.8) is 0 Å². The van der Waals surface area contributed by atoms with E-state index in [9.17, 15) is 4.79 Å². The highest BCUT2D eigenvalue weighted by Gasteiger charge is 2.09. The van der Waals surface area contributed by atoms with Crippen molar-refractivity contribution in [1.82, 2.24) is 0 Å². The molecule has 16 heavy (non-hydrogen) atoms. The maximum absolute atomic E-state index is 10.3. The molecule has 0 aromatic carbocycles. The third-order valence-electron chi connectivity index (χ3n) is 1.90. The van der Waals surface area contributed by atoms with Crippen molar-refractivity contribution in [3.05, 3.63) is 0 Å². The maximum atomic E-state index is 10.3. The van der Waals surface area contributed by atoms with Gasteiger partial charge in [0.1, 0.15) is 6.04 Å². The molecule has 1 unspecified atom stereocenters. The highest BCUT2D eigenvalue weighted by atomic mass is 16.5. The molecule has 1 atom stereocenters. The molecule has 0 aromatic rings. The van der Waals surface area contributed by atoms with Gasteiger partial charge in [-0.05, 0) is 12.8 Å². The van der Waals surface area contributed by atoms with Gasteiger partial charge < -0.3 is 25.1 Å². The predicted molar refractivity (Wildman–Crippen MR) is 58.4 cm³/mol. The van der Waals surface area contributed by atoms with Gasteiger partial charge in [0, 0.05) is 26.9 Å². The van der Waals surface area contributed by atoms with Crippen LogP contribution in [0.1, 0.15) is 12.8 Å². The van der Waals surface area contributed by atoms with Gasteiger partial charge in [0.2, 0.25) is 0 Å². The Morgan fingerprint density at radius 2 is 1.81 bits per heavy atom. The number of carbonyl (C=O) groups is 1. The molecular weight excluding hydrogens is 214 g/mol. The Morgan fingerprint density at radius 3 is 2.38 bits per heavy atom. The second kappa shape index (κ2) is 10.8. The van der Waals surface area contributed by atoms with Gasteiger partial charge in [-0.2, -0.15) is 0 Å². The summed E-state index contributed by atoms with van der Waals surface area (Å²) in [6.07, 6.45) is 1.18. The Balaban J connectivity index is 3.07. The zero-order valence-corrected chi connectivity index (χ0v) is 9.68. The Bertz CT molecular complexity index is 177. The topological polar surface area (TPSA) is 91.0 Å². The molecule has 3 N–H and O–H groups in total. The van der Waals surface area contributed by atoms with Crippen LogP contribution in [0.25, 0.3) is 0 Å². The SMILES string of the molecule is COCCCOCCOCCC(N)C(=O)O. The molecule has 6 nitrogen and oxygen atoms in total. The fourth-order valence-electron chi connectivity index (χ4n) is 0.961. The van der Waals surface area contributed by atoms with E-state index in [1.54, 1.807) is 7.11 Å². The average molecular weight is 235 g/mol. The standard InChI is InChI=1S/C10H21NO5/c1-14-4-2-5-15-7-8-16-6-3-9(11)10(12)13/h9H,2-8,11H2,1H3,(H,12,13). The summed E-state index contributed by atoms with van der Waals surface area (Å²) < 4.78 is 15.3. The summed E-state index contributed by atoms with van der Waals surface area (Å²) in [4.78, 5) is 10.3. The van der Waals surface area contributed by atoms with Gasteiger partial charge in [0.25, 0.3) is 0 Å². The fourth-order valence-corrected chi connectivity index (χ4v) is 0.961. The monoisotopic (exact) mass is 235 g/mol. The Morgan fingerprint density at radius 1 is 1.19 bits per heavy atom. The number of carboxylic acid groups (broad SMARTS) is 1. The van der Waals surface area contributed by atoms with E-state index in [0.717, 1.165) is 6.42 Å². The first-order valence-electron chi connectivity index (χ1n) is 5.31. The summed E-state index contributed by atoms with van der Waals surface area (Å²) in [5, 5.41) is 8.49. The molecule has 96 valence electrons. The maximum Gasteiger partial charge on any atom is 0.320 e. The van der Waals surface area contributed by atoms with Gasteiger partial charge in [-0.1, -0.05) is 0 Å². The van der Waals surface area contributed by atoms with E-state index in [4.69, 9.17) is 25.1 Å². The van der Waals surface area contributed by atoms with Gasteiger partial charge in [-0.15, -0.1) is 0 Å². The summed E-state index contributed by atoms with van der Waals surface area (Å²) >= 11 is 0. The van der Waals surface area contributed by atoms with E-state index in [1.165, 1.54) is 0 Å². The van der Waals surface area contributed by atoms with Crippen LogP contribution in [-0.2, 0) is 19.0 Å². The largest absolute Gasteiger partial charge is 0.480 e. The Hall–Kier alpha value is -0.690. The molecule has 0 heterocycles. The Labute approximate surface area is 95.7 Å². The number of hydrogen-bond donors (Lipinski definition) is 2. The van der Waals surface area contributed by atoms with E-state index in [-0.39, 0.29) is 0 Å². The molecule has 0 aliphatic heterocycles. The first-order chi connectivity index (χ1) is 7.68. The summed E-state index contributed by atoms with van der Waals surface area (Å²) in [6.45, 7) is 2.64. The minimum Gasteiger partial charge on any atom is -0.480 e. The number of ether oxygens (including phenoxy) is 3. The van der Waals surface area contributed by atoms with E-state index >= 15 is 0 Å². The number of hydrogen-bond acceptors (Lipinski definition) is 5. The second-order valence-corrected chi connectivity index (χ2v) is 3.30. The van der Waals surface area contributed by atoms with E-state index in [0.29, 0.717) is 39.5 Å². The van der Waals surface area contributed by atoms with Gasteiger partial charge in [-0.3, -0.25) is 4.79 Å². The van der Waals surface area contributed by atoms with Crippen molar-refractivity contribution >= 4 is 5.97 Å². The minimum atomic E-state index is -1.00.